The Bertz CT molecular complexity index is 3850. The molecule has 0 aliphatic rings. The molecule has 0 saturated carbocycles. The molecule has 13 aromatic rings. The molecule has 0 fully saturated rings. The van der Waals surface area contributed by atoms with Gasteiger partial charge in [0.2, 0.25) is 0 Å². The van der Waals surface area contributed by atoms with Crippen molar-refractivity contribution in [3.63, 3.8) is 0 Å². The van der Waals surface area contributed by atoms with E-state index in [0.717, 1.165) is 27.8 Å². The lowest BCUT2D eigenvalue weighted by Crippen LogP contribution is -2.00. The first-order valence-corrected chi connectivity index (χ1v) is 22.7. The molecule has 4 aromatic heterocycles. The van der Waals surface area contributed by atoms with E-state index in [1.165, 1.54) is 79.0 Å². The van der Waals surface area contributed by atoms with E-state index in [2.05, 4.69) is 174 Å². The Labute approximate surface area is 370 Å². The Hall–Kier alpha value is -7.77. The van der Waals surface area contributed by atoms with Gasteiger partial charge in [-0.15, -0.1) is 22.7 Å². The quantitative estimate of drug-likeness (QED) is 0.168. The molecule has 0 aliphatic carbocycles. The van der Waals surface area contributed by atoms with Crippen molar-refractivity contribution in [2.45, 2.75) is 0 Å². The van der Waals surface area contributed by atoms with Gasteiger partial charge in [-0.2, -0.15) is 0 Å². The fraction of sp³-hybridized carbons (Fsp3) is 0. The highest BCUT2D eigenvalue weighted by atomic mass is 32.1. The molecular formula is C57H34N4S2. The van der Waals surface area contributed by atoms with Gasteiger partial charge in [0, 0.05) is 63.1 Å². The zero-order valence-corrected chi connectivity index (χ0v) is 35.4. The summed E-state index contributed by atoms with van der Waals surface area (Å²) in [6, 6.07) is 73.8. The largest absolute Gasteiger partial charge is 0.308 e. The van der Waals surface area contributed by atoms with Gasteiger partial charge in [-0.25, -0.2) is 15.0 Å². The van der Waals surface area contributed by atoms with E-state index in [4.69, 9.17) is 15.0 Å². The molecule has 13 rings (SSSR count). The molecule has 4 nitrogen and oxygen atoms in total. The molecule has 0 aliphatic heterocycles. The van der Waals surface area contributed by atoms with Crippen LogP contribution in [0.25, 0.3) is 124 Å². The Morgan fingerprint density at radius 3 is 1.67 bits per heavy atom. The monoisotopic (exact) mass is 838 g/mol. The number of para-hydroxylation sites is 1. The molecule has 0 bridgehead atoms. The smallest absolute Gasteiger partial charge is 0.164 e. The van der Waals surface area contributed by atoms with E-state index < -0.39 is 0 Å². The minimum absolute atomic E-state index is 0.645. The predicted molar refractivity (Wildman–Crippen MR) is 267 cm³/mol. The van der Waals surface area contributed by atoms with E-state index in [1.54, 1.807) is 0 Å². The van der Waals surface area contributed by atoms with E-state index >= 15 is 0 Å². The van der Waals surface area contributed by atoms with Crippen molar-refractivity contribution in [3.8, 4) is 62.1 Å². The van der Waals surface area contributed by atoms with Crippen molar-refractivity contribution < 1.29 is 0 Å². The number of nitrogens with zero attached hydrogens (tertiary/aromatic N) is 4. The Balaban J connectivity index is 1.12. The predicted octanol–water partition coefficient (Wildman–Crippen LogP) is 16.0. The summed E-state index contributed by atoms with van der Waals surface area (Å²) in [7, 11) is 0. The lowest BCUT2D eigenvalue weighted by Gasteiger charge is -2.12. The Morgan fingerprint density at radius 1 is 0.317 bits per heavy atom. The second-order valence-electron chi connectivity index (χ2n) is 15.9. The minimum atomic E-state index is 0.645. The molecule has 6 heteroatoms. The SMILES string of the molecule is c1ccc(-c2ccc3c4ccccc4n(-c4cccc5c4sc4c(-c6ccc7sc8ccccc8c7c6)ccc(-c6nc(-c7ccccc7)nc(-c7ccccc7)n6)c45)c3c2)cc1. The van der Waals surface area contributed by atoms with E-state index in [-0.39, 0.29) is 0 Å². The van der Waals surface area contributed by atoms with E-state index in [9.17, 15) is 0 Å². The van der Waals surface area contributed by atoms with Gasteiger partial charge >= 0.3 is 0 Å². The van der Waals surface area contributed by atoms with Crippen LogP contribution in [0, 0.1) is 0 Å². The fourth-order valence-corrected chi connectivity index (χ4v) is 11.8. The van der Waals surface area contributed by atoms with Gasteiger partial charge in [0.25, 0.3) is 0 Å². The summed E-state index contributed by atoms with van der Waals surface area (Å²) >= 11 is 3.71. The molecule has 0 radical (unpaired) electrons. The molecule has 0 amide bonds. The Morgan fingerprint density at radius 2 is 0.905 bits per heavy atom. The highest BCUT2D eigenvalue weighted by Gasteiger charge is 2.23. The van der Waals surface area contributed by atoms with Gasteiger partial charge in [0.15, 0.2) is 17.5 Å². The van der Waals surface area contributed by atoms with Crippen LogP contribution in [0.3, 0.4) is 0 Å². The molecule has 4 heterocycles. The van der Waals surface area contributed by atoms with Gasteiger partial charge < -0.3 is 4.57 Å². The second-order valence-corrected chi connectivity index (χ2v) is 18.0. The maximum atomic E-state index is 5.28. The fourth-order valence-electron chi connectivity index (χ4n) is 9.34. The van der Waals surface area contributed by atoms with Crippen LogP contribution in [0.1, 0.15) is 0 Å². The second kappa shape index (κ2) is 14.4. The van der Waals surface area contributed by atoms with Crippen molar-refractivity contribution in [1.82, 2.24) is 19.5 Å². The first-order valence-electron chi connectivity index (χ1n) is 21.1. The van der Waals surface area contributed by atoms with Crippen LogP contribution in [0.15, 0.2) is 206 Å². The van der Waals surface area contributed by atoms with E-state index in [0.29, 0.717) is 17.5 Å². The summed E-state index contributed by atoms with van der Waals surface area (Å²) in [5.74, 6) is 1.94. The first-order chi connectivity index (χ1) is 31.2. The van der Waals surface area contributed by atoms with Crippen molar-refractivity contribution in [2.75, 3.05) is 0 Å². The van der Waals surface area contributed by atoms with Crippen LogP contribution in [0.5, 0.6) is 0 Å². The van der Waals surface area contributed by atoms with Crippen molar-refractivity contribution in [1.29, 1.82) is 0 Å². The lowest BCUT2D eigenvalue weighted by atomic mass is 9.97. The van der Waals surface area contributed by atoms with Crippen LogP contribution < -0.4 is 0 Å². The molecule has 0 atom stereocenters. The van der Waals surface area contributed by atoms with Crippen LogP contribution >= 0.6 is 22.7 Å². The van der Waals surface area contributed by atoms with Crippen LogP contribution in [0.2, 0.25) is 0 Å². The molecular weight excluding hydrogens is 805 g/mol. The molecule has 0 spiro atoms. The number of hydrogen-bond acceptors (Lipinski definition) is 5. The molecule has 0 N–H and O–H groups in total. The summed E-state index contributed by atoms with van der Waals surface area (Å²) < 4.78 is 7.47. The Kier molecular flexibility index (Phi) is 8.22. The summed E-state index contributed by atoms with van der Waals surface area (Å²) in [4.78, 5) is 15.6. The number of aromatic nitrogens is 4. The number of hydrogen-bond donors (Lipinski definition) is 0. The highest BCUT2D eigenvalue weighted by Crippen LogP contribution is 2.48. The van der Waals surface area contributed by atoms with E-state index in [1.807, 2.05) is 59.1 Å². The standard InChI is InChI=1S/C57H34N4S2/c1-4-15-35(16-5-1)38-27-29-42-41-21-10-12-24-47(41)61(49(42)34-38)48-25-14-23-44-52-45(57-59-55(36-17-6-2-7-18-36)58-56(60-57)37-19-8-3-9-20-37)31-30-40(54(52)63-53(44)48)39-28-32-51-46(33-39)43-22-11-13-26-50(43)62-51/h1-34H. The number of thiophene rings is 2. The summed E-state index contributed by atoms with van der Waals surface area (Å²) in [5.41, 5.74) is 11.1. The number of benzene rings is 9. The maximum Gasteiger partial charge on any atom is 0.164 e. The van der Waals surface area contributed by atoms with Crippen LogP contribution in [-0.4, -0.2) is 19.5 Å². The van der Waals surface area contributed by atoms with Gasteiger partial charge in [-0.3, -0.25) is 0 Å². The normalized spacial score (nSPS) is 11.8. The molecule has 0 saturated heterocycles. The van der Waals surface area contributed by atoms with Crippen molar-refractivity contribution >= 4 is 84.8 Å². The molecule has 294 valence electrons. The van der Waals surface area contributed by atoms with Crippen molar-refractivity contribution in [2.24, 2.45) is 0 Å². The minimum Gasteiger partial charge on any atom is -0.308 e. The van der Waals surface area contributed by atoms with Gasteiger partial charge in [-0.1, -0.05) is 164 Å². The topological polar surface area (TPSA) is 43.6 Å². The third-order valence-corrected chi connectivity index (χ3v) is 14.7. The molecule has 63 heavy (non-hydrogen) atoms. The van der Waals surface area contributed by atoms with Gasteiger partial charge in [0.05, 0.1) is 21.4 Å². The number of rotatable bonds is 6. The average molecular weight is 839 g/mol. The van der Waals surface area contributed by atoms with Crippen LogP contribution in [0.4, 0.5) is 0 Å². The molecule has 0 unspecified atom stereocenters. The zero-order chi connectivity index (χ0) is 41.4. The first kappa shape index (κ1) is 35.9. The van der Waals surface area contributed by atoms with Gasteiger partial charge in [0.1, 0.15) is 0 Å². The van der Waals surface area contributed by atoms with Crippen molar-refractivity contribution in [3.05, 3.63) is 206 Å². The summed E-state index contributed by atoms with van der Waals surface area (Å²) in [5, 5.41) is 7.34. The maximum absolute atomic E-state index is 5.28. The highest BCUT2D eigenvalue weighted by molar-refractivity contribution is 7.27. The summed E-state index contributed by atoms with van der Waals surface area (Å²) in [6.07, 6.45) is 0. The lowest BCUT2D eigenvalue weighted by molar-refractivity contribution is 1.08. The summed E-state index contributed by atoms with van der Waals surface area (Å²) in [6.45, 7) is 0. The number of fused-ring (bicyclic) bond motifs is 9. The third kappa shape index (κ3) is 5.83. The third-order valence-electron chi connectivity index (χ3n) is 12.3. The molecule has 9 aromatic carbocycles. The zero-order valence-electron chi connectivity index (χ0n) is 33.7. The van der Waals surface area contributed by atoms with Crippen LogP contribution in [-0.2, 0) is 0 Å². The average Bonchev–Trinajstić information content (AvgIpc) is 4.04. The van der Waals surface area contributed by atoms with Gasteiger partial charge in [-0.05, 0) is 64.7 Å².